The average molecular weight is 594 g/mol. The van der Waals surface area contributed by atoms with Crippen molar-refractivity contribution in [3.05, 3.63) is 60.2 Å². The number of hydrogen-bond acceptors (Lipinski definition) is 7. The van der Waals surface area contributed by atoms with Gasteiger partial charge < -0.3 is 29.7 Å². The quantitative estimate of drug-likeness (QED) is 0.384. The summed E-state index contributed by atoms with van der Waals surface area (Å²) in [6, 6.07) is 6.78. The molecule has 0 radical (unpaired) electrons. The van der Waals surface area contributed by atoms with Gasteiger partial charge in [-0.2, -0.15) is 0 Å². The van der Waals surface area contributed by atoms with Crippen molar-refractivity contribution in [2.45, 2.75) is 82.8 Å². The smallest absolute Gasteiger partial charge is 0.306 e. The minimum atomic E-state index is -1.41. The number of ether oxygens (including phenoxy) is 2. The third-order valence-corrected chi connectivity index (χ3v) is 9.50. The van der Waals surface area contributed by atoms with Crippen molar-refractivity contribution in [1.29, 1.82) is 0 Å². The van der Waals surface area contributed by atoms with Crippen molar-refractivity contribution in [3.63, 3.8) is 0 Å². The number of amides is 3. The number of likely N-dealkylation sites (tertiary alicyclic amines) is 1. The lowest BCUT2D eigenvalue weighted by Crippen LogP contribution is -2.60. The number of nitrogens with one attached hydrogen (secondary N) is 1. The van der Waals surface area contributed by atoms with Crippen LogP contribution in [0.15, 0.2) is 54.6 Å². The standard InChI is InChI=1S/C33H43N3O7/c1-5-21(4)24(18-37)36-29-32(41)35(20(2)3)17-11-16-33(29)28(31(36)40)27-25(43-33)14-9-10-15-26(38)42-19-23(34-30(27)39)22-12-7-6-8-13-22/h6-9,11-14,16,20-21,23-25,27-29,37H,5,10,15,17-19H2,1-4H3,(H,34,39)/b14-9-/t21-,23-,24-,25+,27-,28-,29+,33-/m0/s1. The van der Waals surface area contributed by atoms with Crippen LogP contribution in [0.4, 0.5) is 0 Å². The zero-order valence-electron chi connectivity index (χ0n) is 25.3. The Kier molecular flexibility index (Phi) is 9.08. The number of esters is 1. The largest absolute Gasteiger partial charge is 0.463 e. The first-order valence-electron chi connectivity index (χ1n) is 15.4. The Hall–Kier alpha value is -3.50. The minimum absolute atomic E-state index is 0.0581. The number of allylic oxidation sites excluding steroid dienone is 1. The van der Waals surface area contributed by atoms with Gasteiger partial charge in [0.15, 0.2) is 0 Å². The van der Waals surface area contributed by atoms with Gasteiger partial charge in [0.1, 0.15) is 18.2 Å². The molecule has 1 aromatic carbocycles. The highest BCUT2D eigenvalue weighted by atomic mass is 16.5. The van der Waals surface area contributed by atoms with Crippen LogP contribution in [0.3, 0.4) is 0 Å². The molecule has 0 unspecified atom stereocenters. The monoisotopic (exact) mass is 593 g/mol. The highest BCUT2D eigenvalue weighted by molar-refractivity contribution is 6.00. The van der Waals surface area contributed by atoms with Crippen molar-refractivity contribution < 1.29 is 33.8 Å². The van der Waals surface area contributed by atoms with Gasteiger partial charge in [-0.05, 0) is 31.7 Å². The highest BCUT2D eigenvalue weighted by Gasteiger charge is 2.72. The number of benzene rings is 1. The molecule has 43 heavy (non-hydrogen) atoms. The summed E-state index contributed by atoms with van der Waals surface area (Å²) in [5.41, 5.74) is -0.655. The van der Waals surface area contributed by atoms with Crippen LogP contribution in [0.25, 0.3) is 0 Å². The number of aliphatic hydroxyl groups is 1. The zero-order valence-corrected chi connectivity index (χ0v) is 25.3. The SMILES string of the molecule is CC[C@H](C)[C@H](CO)N1C(=O)[C@@H]2[C@H]3C(=O)N[C@H](c4ccccc4)COC(=O)CC/C=C\[C@H]3O[C@@]23C=CCN(C(C)C)C(=O)[C@@H]13. The topological polar surface area (TPSA) is 125 Å². The van der Waals surface area contributed by atoms with Crippen LogP contribution in [-0.4, -0.2) is 88.2 Å². The van der Waals surface area contributed by atoms with E-state index in [1.165, 1.54) is 4.90 Å². The van der Waals surface area contributed by atoms with E-state index in [1.54, 1.807) is 23.1 Å². The second-order valence-electron chi connectivity index (χ2n) is 12.3. The molecule has 0 saturated carbocycles. The molecule has 1 spiro atoms. The third-order valence-electron chi connectivity index (χ3n) is 9.50. The number of fused-ring (bicyclic) bond motifs is 2. The van der Waals surface area contributed by atoms with Gasteiger partial charge >= 0.3 is 5.97 Å². The van der Waals surface area contributed by atoms with E-state index in [2.05, 4.69) is 5.32 Å². The lowest BCUT2D eigenvalue weighted by atomic mass is 9.77. The predicted octanol–water partition coefficient (Wildman–Crippen LogP) is 2.53. The highest BCUT2D eigenvalue weighted by Crippen LogP contribution is 2.54. The van der Waals surface area contributed by atoms with Gasteiger partial charge in [-0.1, -0.05) is 74.9 Å². The van der Waals surface area contributed by atoms with Crippen molar-refractivity contribution in [1.82, 2.24) is 15.1 Å². The van der Waals surface area contributed by atoms with Gasteiger partial charge in [0, 0.05) is 19.0 Å². The lowest BCUT2D eigenvalue weighted by molar-refractivity contribution is -0.153. The van der Waals surface area contributed by atoms with E-state index >= 15 is 0 Å². The molecule has 4 aliphatic heterocycles. The number of carbonyl (C=O) groups excluding carboxylic acids is 4. The normalized spacial score (nSPS) is 33.4. The molecule has 0 bridgehead atoms. The van der Waals surface area contributed by atoms with Crippen LogP contribution in [0.2, 0.25) is 0 Å². The fourth-order valence-corrected chi connectivity index (χ4v) is 7.03. The molecule has 8 atom stereocenters. The second-order valence-corrected chi connectivity index (χ2v) is 12.3. The van der Waals surface area contributed by atoms with E-state index in [1.807, 2.05) is 64.1 Å². The van der Waals surface area contributed by atoms with Gasteiger partial charge in [-0.3, -0.25) is 19.2 Å². The Labute approximate surface area is 253 Å². The molecule has 10 nitrogen and oxygen atoms in total. The third kappa shape index (κ3) is 5.51. The van der Waals surface area contributed by atoms with Gasteiger partial charge in [0.2, 0.25) is 17.7 Å². The molecule has 10 heteroatoms. The number of carbonyl (C=O) groups is 4. The fourth-order valence-electron chi connectivity index (χ4n) is 7.03. The maximum atomic E-state index is 14.6. The van der Waals surface area contributed by atoms with Crippen LogP contribution in [0, 0.1) is 17.8 Å². The Morgan fingerprint density at radius 3 is 2.49 bits per heavy atom. The number of aliphatic hydroxyl groups excluding tert-OH is 1. The molecule has 5 rings (SSSR count). The maximum absolute atomic E-state index is 14.6. The molecule has 0 aliphatic carbocycles. The van der Waals surface area contributed by atoms with Crippen LogP contribution in [-0.2, 0) is 28.7 Å². The molecule has 3 amide bonds. The Morgan fingerprint density at radius 1 is 1.07 bits per heavy atom. The summed E-state index contributed by atoms with van der Waals surface area (Å²) in [5, 5.41) is 13.6. The average Bonchev–Trinajstić information content (AvgIpc) is 3.38. The van der Waals surface area contributed by atoms with E-state index < -0.39 is 47.6 Å². The van der Waals surface area contributed by atoms with Crippen molar-refractivity contribution >= 4 is 23.7 Å². The van der Waals surface area contributed by atoms with Crippen LogP contribution < -0.4 is 5.32 Å². The summed E-state index contributed by atoms with van der Waals surface area (Å²) in [4.78, 5) is 58.9. The summed E-state index contributed by atoms with van der Waals surface area (Å²) in [7, 11) is 0. The summed E-state index contributed by atoms with van der Waals surface area (Å²) in [6.07, 6.45) is 7.57. The van der Waals surface area contributed by atoms with E-state index in [0.717, 1.165) is 5.56 Å². The molecule has 2 saturated heterocycles. The summed E-state index contributed by atoms with van der Waals surface area (Å²) >= 11 is 0. The molecular formula is C33H43N3O7. The molecule has 232 valence electrons. The second kappa shape index (κ2) is 12.6. The van der Waals surface area contributed by atoms with Crippen LogP contribution >= 0.6 is 0 Å². The number of rotatable bonds is 6. The first kappa shape index (κ1) is 30.9. The van der Waals surface area contributed by atoms with E-state index in [0.29, 0.717) is 19.4 Å². The molecule has 2 fully saturated rings. The van der Waals surface area contributed by atoms with Gasteiger partial charge in [0.05, 0.1) is 36.6 Å². The number of nitrogens with zero attached hydrogens (tertiary/aromatic N) is 2. The Morgan fingerprint density at radius 2 is 1.81 bits per heavy atom. The summed E-state index contributed by atoms with van der Waals surface area (Å²) in [5.74, 6) is -3.51. The van der Waals surface area contributed by atoms with Gasteiger partial charge in [-0.25, -0.2) is 0 Å². The van der Waals surface area contributed by atoms with Gasteiger partial charge in [-0.15, -0.1) is 0 Å². The summed E-state index contributed by atoms with van der Waals surface area (Å²) in [6.45, 7) is 7.74. The van der Waals surface area contributed by atoms with Crippen LogP contribution in [0.1, 0.15) is 58.6 Å². The molecule has 4 heterocycles. The Bertz CT molecular complexity index is 1280. The van der Waals surface area contributed by atoms with Crippen molar-refractivity contribution in [2.75, 3.05) is 19.8 Å². The predicted molar refractivity (Wildman–Crippen MR) is 158 cm³/mol. The molecule has 1 aromatic rings. The summed E-state index contributed by atoms with van der Waals surface area (Å²) < 4.78 is 12.3. The van der Waals surface area contributed by atoms with E-state index in [4.69, 9.17) is 9.47 Å². The van der Waals surface area contributed by atoms with Gasteiger partial charge in [0.25, 0.3) is 0 Å². The molecule has 4 aliphatic rings. The van der Waals surface area contributed by atoms with Crippen molar-refractivity contribution in [3.8, 4) is 0 Å². The molecular weight excluding hydrogens is 550 g/mol. The lowest BCUT2D eigenvalue weighted by Gasteiger charge is -2.41. The first-order chi connectivity index (χ1) is 20.6. The number of hydrogen-bond donors (Lipinski definition) is 2. The Balaban J connectivity index is 1.63. The van der Waals surface area contributed by atoms with Crippen molar-refractivity contribution in [2.24, 2.45) is 17.8 Å². The molecule has 0 aromatic heterocycles. The zero-order chi connectivity index (χ0) is 30.9. The van der Waals surface area contributed by atoms with E-state index in [9.17, 15) is 24.3 Å². The van der Waals surface area contributed by atoms with E-state index in [-0.39, 0.29) is 49.4 Å². The maximum Gasteiger partial charge on any atom is 0.306 e. The molecule has 2 N–H and O–H groups in total. The van der Waals surface area contributed by atoms with Crippen LogP contribution in [0.5, 0.6) is 0 Å². The first-order valence-corrected chi connectivity index (χ1v) is 15.4. The number of cyclic esters (lactones) is 1. The minimum Gasteiger partial charge on any atom is -0.463 e. The fraction of sp³-hybridized carbons (Fsp3) is 0.576.